The predicted octanol–water partition coefficient (Wildman–Crippen LogP) is 2.41. The number of nitrogens with zero attached hydrogens (tertiary/aromatic N) is 2. The second-order valence-corrected chi connectivity index (χ2v) is 11.0. The van der Waals surface area contributed by atoms with E-state index in [1.165, 1.54) is 0 Å². The molecule has 0 bridgehead atoms. The first-order valence-electron chi connectivity index (χ1n) is 12.7. The highest BCUT2D eigenvalue weighted by atomic mass is 32.2. The van der Waals surface area contributed by atoms with Gasteiger partial charge in [0.15, 0.2) is 11.9 Å². The van der Waals surface area contributed by atoms with Crippen LogP contribution in [0.5, 0.6) is 0 Å². The van der Waals surface area contributed by atoms with Crippen molar-refractivity contribution in [1.82, 2.24) is 15.4 Å². The lowest BCUT2D eigenvalue weighted by molar-refractivity contribution is 0.245. The molecule has 0 aliphatic rings. The molecular formula is C29H32N8O3S. The van der Waals surface area contributed by atoms with E-state index in [4.69, 9.17) is 17.2 Å². The number of nitrogens with one attached hydrogen (secondary N) is 3. The Hall–Kier alpha value is -4.94. The maximum Gasteiger partial charge on any atom is 0.321 e. The first-order chi connectivity index (χ1) is 19.7. The molecule has 0 saturated carbocycles. The van der Waals surface area contributed by atoms with Crippen molar-refractivity contribution in [3.8, 4) is 0 Å². The van der Waals surface area contributed by atoms with Crippen molar-refractivity contribution >= 4 is 38.7 Å². The topological polar surface area (TPSA) is 190 Å². The minimum absolute atomic E-state index is 0.0102. The van der Waals surface area contributed by atoms with Crippen molar-refractivity contribution in [3.63, 3.8) is 0 Å². The average molecular weight is 573 g/mol. The minimum atomic E-state index is -3.70. The third-order valence-electron chi connectivity index (χ3n) is 6.05. The van der Waals surface area contributed by atoms with Gasteiger partial charge in [-0.25, -0.2) is 27.9 Å². The summed E-state index contributed by atoms with van der Waals surface area (Å²) < 4.78 is 28.4. The van der Waals surface area contributed by atoms with E-state index in [0.29, 0.717) is 6.54 Å². The van der Waals surface area contributed by atoms with Crippen LogP contribution in [-0.4, -0.2) is 26.4 Å². The number of nitrogens with two attached hydrogens (primary N) is 3. The molecule has 0 spiro atoms. The molecule has 0 radical (unpaired) electrons. The fourth-order valence-corrected chi connectivity index (χ4v) is 5.07. The van der Waals surface area contributed by atoms with Gasteiger partial charge in [0, 0.05) is 13.1 Å². The van der Waals surface area contributed by atoms with Crippen molar-refractivity contribution < 1.29 is 13.2 Å². The van der Waals surface area contributed by atoms with Gasteiger partial charge in [-0.15, -0.1) is 0 Å². The highest BCUT2D eigenvalue weighted by molar-refractivity contribution is 7.89. The Kier molecular flexibility index (Phi) is 9.51. The SMILES string of the molecule is NC(N)=NCc1cccc(CNC(=O)NC(N)=NCc2cccc(CNS(=O)(=O)c3ccc4ccccc4c3)c2)c1. The van der Waals surface area contributed by atoms with Gasteiger partial charge in [-0.2, -0.15) is 0 Å². The summed E-state index contributed by atoms with van der Waals surface area (Å²) in [5.41, 5.74) is 20.0. The van der Waals surface area contributed by atoms with Crippen molar-refractivity contribution in [2.75, 3.05) is 0 Å². The molecule has 0 unspecified atom stereocenters. The number of carbonyl (C=O) groups excluding carboxylic acids is 1. The Morgan fingerprint density at radius 2 is 1.29 bits per heavy atom. The van der Waals surface area contributed by atoms with Gasteiger partial charge < -0.3 is 22.5 Å². The van der Waals surface area contributed by atoms with Crippen LogP contribution in [-0.2, 0) is 36.2 Å². The normalized spacial score (nSPS) is 11.7. The van der Waals surface area contributed by atoms with E-state index in [0.717, 1.165) is 33.0 Å². The molecule has 0 atom stereocenters. The lowest BCUT2D eigenvalue weighted by atomic mass is 10.1. The van der Waals surface area contributed by atoms with Crippen LogP contribution in [0.4, 0.5) is 4.79 Å². The molecule has 0 aromatic heterocycles. The quantitative estimate of drug-likeness (QED) is 0.125. The number of aliphatic imine (C=N–C) groups is 2. The Morgan fingerprint density at radius 3 is 1.98 bits per heavy atom. The zero-order valence-electron chi connectivity index (χ0n) is 22.2. The van der Waals surface area contributed by atoms with Crippen LogP contribution in [0.15, 0.2) is 106 Å². The molecule has 9 N–H and O–H groups in total. The van der Waals surface area contributed by atoms with Crippen LogP contribution in [0.1, 0.15) is 22.3 Å². The van der Waals surface area contributed by atoms with Gasteiger partial charge in [-0.05, 0) is 45.2 Å². The standard InChI is InChI=1S/C29H32N8O3S/c30-27(31)33-16-20-5-3-7-22(13-20)18-35-29(38)37-28(32)34-17-21-6-4-8-23(14-21)19-36-41(39,40)26-12-11-24-9-1-2-10-25(24)15-26/h1-15,36H,16-19H2,(H4,30,31,33)(H4,32,34,35,37,38). The lowest BCUT2D eigenvalue weighted by Gasteiger charge is -2.10. The van der Waals surface area contributed by atoms with E-state index in [1.54, 1.807) is 18.2 Å². The Morgan fingerprint density at radius 1 is 0.683 bits per heavy atom. The number of sulfonamides is 1. The molecule has 12 heteroatoms. The first-order valence-corrected chi connectivity index (χ1v) is 14.2. The van der Waals surface area contributed by atoms with Crippen LogP contribution in [0.2, 0.25) is 0 Å². The van der Waals surface area contributed by atoms with Gasteiger partial charge in [0.05, 0.1) is 18.0 Å². The van der Waals surface area contributed by atoms with Crippen molar-refractivity contribution in [2.24, 2.45) is 27.2 Å². The number of fused-ring (bicyclic) bond motifs is 1. The summed E-state index contributed by atoms with van der Waals surface area (Å²) in [6.07, 6.45) is 0. The summed E-state index contributed by atoms with van der Waals surface area (Å²) in [5.74, 6) is -0.0394. The van der Waals surface area contributed by atoms with E-state index in [9.17, 15) is 13.2 Å². The number of urea groups is 1. The molecule has 0 aliphatic carbocycles. The van der Waals surface area contributed by atoms with E-state index in [-0.39, 0.29) is 36.4 Å². The zero-order valence-corrected chi connectivity index (χ0v) is 23.1. The molecule has 4 aromatic rings. The molecule has 11 nitrogen and oxygen atoms in total. The molecule has 0 fully saturated rings. The molecule has 4 aromatic carbocycles. The Labute approximate surface area is 238 Å². The smallest absolute Gasteiger partial charge is 0.321 e. The van der Waals surface area contributed by atoms with Crippen molar-refractivity contribution in [3.05, 3.63) is 113 Å². The van der Waals surface area contributed by atoms with Crippen LogP contribution >= 0.6 is 0 Å². The summed E-state index contributed by atoms with van der Waals surface area (Å²) in [4.78, 5) is 20.6. The number of guanidine groups is 2. The minimum Gasteiger partial charge on any atom is -0.370 e. The molecule has 0 aliphatic heterocycles. The highest BCUT2D eigenvalue weighted by Crippen LogP contribution is 2.19. The number of carbonyl (C=O) groups is 1. The van der Waals surface area contributed by atoms with Crippen LogP contribution < -0.4 is 32.6 Å². The van der Waals surface area contributed by atoms with Gasteiger partial charge >= 0.3 is 6.03 Å². The molecule has 2 amide bonds. The largest absolute Gasteiger partial charge is 0.370 e. The molecule has 4 rings (SSSR count). The summed E-state index contributed by atoms with van der Waals surface area (Å²) in [7, 11) is -3.70. The number of hydrogen-bond acceptors (Lipinski definition) is 5. The summed E-state index contributed by atoms with van der Waals surface area (Å²) in [5, 5.41) is 7.04. The second-order valence-electron chi connectivity index (χ2n) is 9.22. The molecule has 0 heterocycles. The number of hydrogen-bond donors (Lipinski definition) is 6. The maximum absolute atomic E-state index is 12.9. The van der Waals surface area contributed by atoms with Crippen LogP contribution in [0, 0.1) is 0 Å². The molecule has 212 valence electrons. The third-order valence-corrected chi connectivity index (χ3v) is 7.45. The van der Waals surface area contributed by atoms with Gasteiger partial charge in [0.25, 0.3) is 0 Å². The number of rotatable bonds is 10. The Bertz CT molecular complexity index is 1700. The fourth-order valence-electron chi connectivity index (χ4n) is 4.01. The van der Waals surface area contributed by atoms with E-state index in [2.05, 4.69) is 25.3 Å². The highest BCUT2D eigenvalue weighted by Gasteiger charge is 2.14. The summed E-state index contributed by atoms with van der Waals surface area (Å²) >= 11 is 0. The summed E-state index contributed by atoms with van der Waals surface area (Å²) in [6.45, 7) is 0.922. The van der Waals surface area contributed by atoms with Crippen molar-refractivity contribution in [1.29, 1.82) is 0 Å². The third kappa shape index (κ3) is 8.78. The number of amides is 2. The van der Waals surface area contributed by atoms with E-state index in [1.807, 2.05) is 72.8 Å². The predicted molar refractivity (Wildman–Crippen MR) is 161 cm³/mol. The van der Waals surface area contributed by atoms with Crippen molar-refractivity contribution in [2.45, 2.75) is 31.1 Å². The zero-order chi connectivity index (χ0) is 29.2. The molecule has 0 saturated heterocycles. The van der Waals surface area contributed by atoms with E-state index < -0.39 is 16.1 Å². The maximum atomic E-state index is 12.9. The van der Waals surface area contributed by atoms with Gasteiger partial charge in [-0.3, -0.25) is 5.32 Å². The monoisotopic (exact) mass is 572 g/mol. The van der Waals surface area contributed by atoms with Crippen LogP contribution in [0.3, 0.4) is 0 Å². The van der Waals surface area contributed by atoms with Gasteiger partial charge in [0.2, 0.25) is 10.0 Å². The number of benzene rings is 4. The second kappa shape index (κ2) is 13.4. The first kappa shape index (κ1) is 29.1. The van der Waals surface area contributed by atoms with Gasteiger partial charge in [0.1, 0.15) is 0 Å². The summed E-state index contributed by atoms with van der Waals surface area (Å²) in [6, 6.07) is 26.9. The van der Waals surface area contributed by atoms with Crippen LogP contribution in [0.25, 0.3) is 10.8 Å². The lowest BCUT2D eigenvalue weighted by Crippen LogP contribution is -2.43. The fraction of sp³-hybridized carbons (Fsp3) is 0.138. The Balaban J connectivity index is 1.27. The molecular weight excluding hydrogens is 540 g/mol. The van der Waals surface area contributed by atoms with Gasteiger partial charge in [-0.1, -0.05) is 78.9 Å². The molecule has 41 heavy (non-hydrogen) atoms. The van der Waals surface area contributed by atoms with E-state index >= 15 is 0 Å². The average Bonchev–Trinajstić information content (AvgIpc) is 2.97.